The third kappa shape index (κ3) is 4.38. The van der Waals surface area contributed by atoms with E-state index in [-0.39, 0.29) is 12.4 Å². The number of para-hydroxylation sites is 1. The summed E-state index contributed by atoms with van der Waals surface area (Å²) >= 11 is 0. The average Bonchev–Trinajstić information content (AvgIpc) is 3.32. The minimum atomic E-state index is 0. The smallest absolute Gasteiger partial charge is 0.0649 e. The van der Waals surface area contributed by atoms with Gasteiger partial charge in [-0.25, -0.2) is 4.68 Å². The Balaban J connectivity index is 0.00000169. The van der Waals surface area contributed by atoms with Gasteiger partial charge in [-0.3, -0.25) is 4.90 Å². The second-order valence-corrected chi connectivity index (χ2v) is 6.97. The van der Waals surface area contributed by atoms with Crippen molar-refractivity contribution in [3.05, 3.63) is 48.3 Å². The van der Waals surface area contributed by atoms with E-state index in [1.165, 1.54) is 51.0 Å². The van der Waals surface area contributed by atoms with E-state index in [1.807, 2.05) is 12.3 Å². The van der Waals surface area contributed by atoms with Gasteiger partial charge in [-0.05, 0) is 56.3 Å². The molecule has 2 aliphatic rings. The Morgan fingerprint density at radius 3 is 2.46 bits per heavy atom. The second-order valence-electron chi connectivity index (χ2n) is 6.97. The predicted molar refractivity (Wildman–Crippen MR) is 99.8 cm³/mol. The monoisotopic (exact) mass is 346 g/mol. The molecule has 0 amide bonds. The van der Waals surface area contributed by atoms with Crippen LogP contribution < -0.4 is 5.32 Å². The van der Waals surface area contributed by atoms with Gasteiger partial charge in [0.25, 0.3) is 0 Å². The Bertz CT molecular complexity index is 615. The summed E-state index contributed by atoms with van der Waals surface area (Å²) in [6.07, 6.45) is 7.33. The maximum atomic E-state index is 4.50. The highest BCUT2D eigenvalue weighted by Gasteiger charge is 2.24. The SMILES string of the molecule is Cl.c1ccc(-n2nccc2CN2CCC(NCC3CC3)CC2)cc1. The standard InChI is InChI=1S/C19H26N4.ClH/c1-2-4-18(5-3-1)23-19(8-11-21-23)15-22-12-9-17(10-13-22)20-14-16-6-7-16;/h1-5,8,11,16-17,20H,6-7,9-10,12-15H2;1H. The van der Waals surface area contributed by atoms with E-state index < -0.39 is 0 Å². The molecule has 0 atom stereocenters. The van der Waals surface area contributed by atoms with Gasteiger partial charge in [0.2, 0.25) is 0 Å². The number of nitrogens with one attached hydrogen (secondary N) is 1. The molecule has 0 spiro atoms. The molecule has 1 aromatic carbocycles. The van der Waals surface area contributed by atoms with Crippen molar-refractivity contribution in [3.8, 4) is 5.69 Å². The van der Waals surface area contributed by atoms with Gasteiger partial charge in [0.15, 0.2) is 0 Å². The molecule has 2 heterocycles. The van der Waals surface area contributed by atoms with Crippen LogP contribution in [-0.4, -0.2) is 40.4 Å². The van der Waals surface area contributed by atoms with E-state index in [9.17, 15) is 0 Å². The molecule has 1 aliphatic carbocycles. The summed E-state index contributed by atoms with van der Waals surface area (Å²) < 4.78 is 2.07. The number of benzene rings is 1. The lowest BCUT2D eigenvalue weighted by Crippen LogP contribution is -2.42. The van der Waals surface area contributed by atoms with Gasteiger partial charge in [0.1, 0.15) is 0 Å². The van der Waals surface area contributed by atoms with E-state index in [2.05, 4.69) is 50.3 Å². The first-order valence-electron chi connectivity index (χ1n) is 8.92. The lowest BCUT2D eigenvalue weighted by molar-refractivity contribution is 0.187. The van der Waals surface area contributed by atoms with Crippen LogP contribution in [0.2, 0.25) is 0 Å². The zero-order chi connectivity index (χ0) is 15.5. The summed E-state index contributed by atoms with van der Waals surface area (Å²) in [5.41, 5.74) is 2.43. The number of likely N-dealkylation sites (tertiary alicyclic amines) is 1. The number of rotatable bonds is 6. The zero-order valence-corrected chi connectivity index (χ0v) is 14.9. The zero-order valence-electron chi connectivity index (χ0n) is 14.1. The highest BCUT2D eigenvalue weighted by molar-refractivity contribution is 5.85. The van der Waals surface area contributed by atoms with Crippen molar-refractivity contribution in [3.63, 3.8) is 0 Å². The van der Waals surface area contributed by atoms with Gasteiger partial charge in [0, 0.05) is 31.9 Å². The van der Waals surface area contributed by atoms with Crippen molar-refractivity contribution in [2.75, 3.05) is 19.6 Å². The van der Waals surface area contributed by atoms with Crippen molar-refractivity contribution < 1.29 is 0 Å². The summed E-state index contributed by atoms with van der Waals surface area (Å²) in [6, 6.07) is 13.3. The van der Waals surface area contributed by atoms with E-state index in [1.54, 1.807) is 0 Å². The minimum Gasteiger partial charge on any atom is -0.314 e. The summed E-state index contributed by atoms with van der Waals surface area (Å²) in [5.74, 6) is 0.980. The molecule has 0 bridgehead atoms. The molecular weight excluding hydrogens is 320 g/mol. The molecule has 4 nitrogen and oxygen atoms in total. The maximum Gasteiger partial charge on any atom is 0.0649 e. The summed E-state index contributed by atoms with van der Waals surface area (Å²) in [4.78, 5) is 2.56. The number of aromatic nitrogens is 2. The molecule has 24 heavy (non-hydrogen) atoms. The molecular formula is C19H27ClN4. The van der Waals surface area contributed by atoms with Gasteiger partial charge >= 0.3 is 0 Å². The molecule has 2 aromatic rings. The van der Waals surface area contributed by atoms with Crippen molar-refractivity contribution in [1.82, 2.24) is 20.0 Å². The van der Waals surface area contributed by atoms with E-state index in [0.29, 0.717) is 0 Å². The van der Waals surface area contributed by atoms with E-state index in [0.717, 1.165) is 24.2 Å². The Morgan fingerprint density at radius 1 is 1.00 bits per heavy atom. The lowest BCUT2D eigenvalue weighted by Gasteiger charge is -2.32. The molecule has 1 aliphatic heterocycles. The fraction of sp³-hybridized carbons (Fsp3) is 0.526. The van der Waals surface area contributed by atoms with Gasteiger partial charge in [-0.1, -0.05) is 18.2 Å². The van der Waals surface area contributed by atoms with Gasteiger partial charge < -0.3 is 5.32 Å². The van der Waals surface area contributed by atoms with Crippen LogP contribution in [0.3, 0.4) is 0 Å². The molecule has 2 fully saturated rings. The number of nitrogens with zero attached hydrogens (tertiary/aromatic N) is 3. The van der Waals surface area contributed by atoms with E-state index in [4.69, 9.17) is 0 Å². The molecule has 130 valence electrons. The minimum absolute atomic E-state index is 0. The topological polar surface area (TPSA) is 33.1 Å². The third-order valence-electron chi connectivity index (χ3n) is 5.09. The van der Waals surface area contributed by atoms with Crippen LogP contribution in [0.25, 0.3) is 5.69 Å². The first-order chi connectivity index (χ1) is 11.4. The van der Waals surface area contributed by atoms with Gasteiger partial charge in [-0.15, -0.1) is 12.4 Å². The van der Waals surface area contributed by atoms with Crippen molar-refractivity contribution >= 4 is 12.4 Å². The Hall–Kier alpha value is -1.36. The van der Waals surface area contributed by atoms with Crippen LogP contribution in [0.15, 0.2) is 42.6 Å². The Kier molecular flexibility index (Phi) is 5.93. The molecule has 0 radical (unpaired) electrons. The first-order valence-corrected chi connectivity index (χ1v) is 8.92. The number of hydrogen-bond donors (Lipinski definition) is 1. The highest BCUT2D eigenvalue weighted by Crippen LogP contribution is 2.28. The van der Waals surface area contributed by atoms with E-state index >= 15 is 0 Å². The molecule has 1 aromatic heterocycles. The van der Waals surface area contributed by atoms with Gasteiger partial charge in [0.05, 0.1) is 11.4 Å². The highest BCUT2D eigenvalue weighted by atomic mass is 35.5. The summed E-state index contributed by atoms with van der Waals surface area (Å²) in [5, 5.41) is 8.26. The molecule has 4 rings (SSSR count). The molecule has 1 saturated heterocycles. The normalized spacial score (nSPS) is 19.2. The Morgan fingerprint density at radius 2 is 1.75 bits per heavy atom. The largest absolute Gasteiger partial charge is 0.314 e. The van der Waals surface area contributed by atoms with Crippen LogP contribution in [0.5, 0.6) is 0 Å². The Labute approximate surface area is 150 Å². The predicted octanol–water partition coefficient (Wildman–Crippen LogP) is 3.26. The fourth-order valence-corrected chi connectivity index (χ4v) is 3.43. The van der Waals surface area contributed by atoms with Crippen molar-refractivity contribution in [2.24, 2.45) is 5.92 Å². The lowest BCUT2D eigenvalue weighted by atomic mass is 10.0. The van der Waals surface area contributed by atoms with Crippen LogP contribution in [0, 0.1) is 5.92 Å². The third-order valence-corrected chi connectivity index (χ3v) is 5.09. The average molecular weight is 347 g/mol. The van der Waals surface area contributed by atoms with Crippen LogP contribution >= 0.6 is 12.4 Å². The van der Waals surface area contributed by atoms with Crippen LogP contribution in [0.4, 0.5) is 0 Å². The quantitative estimate of drug-likeness (QED) is 0.871. The molecule has 1 N–H and O–H groups in total. The maximum absolute atomic E-state index is 4.50. The first kappa shape index (κ1) is 17.5. The molecule has 1 saturated carbocycles. The number of halogens is 1. The molecule has 5 heteroatoms. The number of piperidine rings is 1. The van der Waals surface area contributed by atoms with Crippen LogP contribution in [0.1, 0.15) is 31.4 Å². The van der Waals surface area contributed by atoms with Gasteiger partial charge in [-0.2, -0.15) is 5.10 Å². The number of hydrogen-bond acceptors (Lipinski definition) is 3. The molecule has 0 unspecified atom stereocenters. The summed E-state index contributed by atoms with van der Waals surface area (Å²) in [7, 11) is 0. The fourth-order valence-electron chi connectivity index (χ4n) is 3.43. The second kappa shape index (κ2) is 8.15. The van der Waals surface area contributed by atoms with Crippen molar-refractivity contribution in [2.45, 2.75) is 38.3 Å². The summed E-state index contributed by atoms with van der Waals surface area (Å²) in [6.45, 7) is 4.60. The van der Waals surface area contributed by atoms with Crippen molar-refractivity contribution in [1.29, 1.82) is 0 Å². The van der Waals surface area contributed by atoms with Crippen LogP contribution in [-0.2, 0) is 6.54 Å².